The highest BCUT2D eigenvalue weighted by Gasteiger charge is 2.64. The minimum absolute atomic E-state index is 0.0260. The number of ether oxygens (including phenoxy) is 1. The van der Waals surface area contributed by atoms with Crippen molar-refractivity contribution in [2.75, 3.05) is 13.2 Å². The van der Waals surface area contributed by atoms with Crippen LogP contribution < -0.4 is 0 Å². The predicted octanol–water partition coefficient (Wildman–Crippen LogP) is 3.15. The fraction of sp³-hybridized carbons (Fsp3) is 0.333. The third kappa shape index (κ3) is 2.64. The number of aromatic nitrogens is 2. The molecule has 0 unspecified atom stereocenters. The van der Waals surface area contributed by atoms with Crippen LogP contribution in [0.15, 0.2) is 73.3 Å². The molecular formula is C24H24N4O2. The number of carbonyl (C=O) groups excluding carboxylic acids is 1. The van der Waals surface area contributed by atoms with Gasteiger partial charge in [-0.1, -0.05) is 42.5 Å². The molecule has 0 aliphatic carbocycles. The fourth-order valence-corrected chi connectivity index (χ4v) is 5.46. The van der Waals surface area contributed by atoms with Crippen molar-refractivity contribution in [1.82, 2.24) is 19.4 Å². The van der Waals surface area contributed by atoms with Crippen LogP contribution in [0.25, 0.3) is 5.69 Å². The number of hydrogen-bond donors (Lipinski definition) is 0. The molecule has 3 aliphatic rings. The monoisotopic (exact) mass is 400 g/mol. The maximum Gasteiger partial charge on any atom is 0.227 e. The summed E-state index contributed by atoms with van der Waals surface area (Å²) < 4.78 is 8.41. The number of imidazole rings is 1. The molecule has 3 saturated heterocycles. The topological polar surface area (TPSA) is 50.6 Å². The van der Waals surface area contributed by atoms with Gasteiger partial charge in [-0.05, 0) is 23.3 Å². The summed E-state index contributed by atoms with van der Waals surface area (Å²) in [7, 11) is 0. The van der Waals surface area contributed by atoms with E-state index in [1.165, 1.54) is 5.56 Å². The van der Waals surface area contributed by atoms with Crippen molar-refractivity contribution < 1.29 is 9.53 Å². The molecule has 30 heavy (non-hydrogen) atoms. The van der Waals surface area contributed by atoms with Crippen molar-refractivity contribution >= 4 is 5.91 Å². The Kier molecular flexibility index (Phi) is 4.04. The lowest BCUT2D eigenvalue weighted by molar-refractivity contribution is -0.138. The van der Waals surface area contributed by atoms with Gasteiger partial charge in [-0.2, -0.15) is 0 Å². The lowest BCUT2D eigenvalue weighted by atomic mass is 10.0. The van der Waals surface area contributed by atoms with E-state index in [0.29, 0.717) is 13.0 Å². The molecule has 0 bridgehead atoms. The van der Waals surface area contributed by atoms with Crippen molar-refractivity contribution in [3.63, 3.8) is 0 Å². The molecule has 0 radical (unpaired) electrons. The van der Waals surface area contributed by atoms with Crippen molar-refractivity contribution in [3.8, 4) is 5.69 Å². The molecule has 1 amide bonds. The average molecular weight is 400 g/mol. The summed E-state index contributed by atoms with van der Waals surface area (Å²) in [5.74, 6) is 0.214. The molecule has 152 valence electrons. The predicted molar refractivity (Wildman–Crippen MR) is 112 cm³/mol. The zero-order chi connectivity index (χ0) is 20.1. The average Bonchev–Trinajstić information content (AvgIpc) is 3.54. The van der Waals surface area contributed by atoms with Crippen molar-refractivity contribution in [3.05, 3.63) is 84.4 Å². The Labute approximate surface area is 175 Å². The Bertz CT molecular complexity index is 1050. The summed E-state index contributed by atoms with van der Waals surface area (Å²) in [5, 5.41) is 0. The van der Waals surface area contributed by atoms with Gasteiger partial charge in [0.15, 0.2) is 5.72 Å². The van der Waals surface area contributed by atoms with Crippen molar-refractivity contribution in [2.45, 2.75) is 37.2 Å². The standard InChI is InChI=1S/C24H24N4O2/c29-23-14-22-24(28(23)21(16-30-24)19-4-2-1-3-5-19)10-12-26(22)15-18-6-8-20(9-7-18)27-13-11-25-17-27/h1-9,11,13,17,21-22H,10,12,14-16H2/t21-,22+,24-/m0/s1. The van der Waals surface area contributed by atoms with Crippen LogP contribution in [0, 0.1) is 0 Å². The maximum atomic E-state index is 13.0. The minimum Gasteiger partial charge on any atom is -0.351 e. The Morgan fingerprint density at radius 1 is 1.10 bits per heavy atom. The van der Waals surface area contributed by atoms with E-state index in [2.05, 4.69) is 51.2 Å². The molecule has 0 saturated carbocycles. The zero-order valence-corrected chi connectivity index (χ0v) is 16.7. The van der Waals surface area contributed by atoms with Gasteiger partial charge in [-0.25, -0.2) is 4.98 Å². The van der Waals surface area contributed by atoms with Gasteiger partial charge in [0.2, 0.25) is 5.91 Å². The van der Waals surface area contributed by atoms with Gasteiger partial charge in [0.05, 0.1) is 25.0 Å². The molecule has 4 heterocycles. The number of likely N-dealkylation sites (tertiary alicyclic amines) is 1. The summed E-state index contributed by atoms with van der Waals surface area (Å²) in [6, 6.07) is 19.0. The molecule has 3 aliphatic heterocycles. The van der Waals surface area contributed by atoms with Crippen molar-refractivity contribution in [2.24, 2.45) is 0 Å². The smallest absolute Gasteiger partial charge is 0.227 e. The molecule has 6 rings (SSSR count). The van der Waals surface area contributed by atoms with Crippen LogP contribution in [-0.4, -0.2) is 50.2 Å². The number of hydrogen-bond acceptors (Lipinski definition) is 4. The van der Waals surface area contributed by atoms with Gasteiger partial charge in [0, 0.05) is 44.0 Å². The summed E-state index contributed by atoms with van der Waals surface area (Å²) >= 11 is 0. The second kappa shape index (κ2) is 6.79. The molecule has 3 atom stereocenters. The summed E-state index contributed by atoms with van der Waals surface area (Å²) in [4.78, 5) is 21.6. The molecule has 1 aromatic heterocycles. The first kappa shape index (κ1) is 17.9. The molecule has 0 N–H and O–H groups in total. The van der Waals surface area contributed by atoms with E-state index in [1.807, 2.05) is 29.0 Å². The highest BCUT2D eigenvalue weighted by molar-refractivity contribution is 5.82. The highest BCUT2D eigenvalue weighted by atomic mass is 16.5. The largest absolute Gasteiger partial charge is 0.351 e. The Hall–Kier alpha value is -2.96. The fourth-order valence-electron chi connectivity index (χ4n) is 5.46. The van der Waals surface area contributed by atoms with Gasteiger partial charge in [0.25, 0.3) is 0 Å². The van der Waals surface area contributed by atoms with Crippen LogP contribution in [0.5, 0.6) is 0 Å². The second-order valence-electron chi connectivity index (χ2n) is 8.42. The van der Waals surface area contributed by atoms with Crippen LogP contribution in [0.4, 0.5) is 0 Å². The van der Waals surface area contributed by atoms with E-state index in [4.69, 9.17) is 4.74 Å². The van der Waals surface area contributed by atoms with Crippen LogP contribution in [0.2, 0.25) is 0 Å². The van der Waals surface area contributed by atoms with Crippen LogP contribution in [-0.2, 0) is 16.1 Å². The van der Waals surface area contributed by atoms with Gasteiger partial charge in [0.1, 0.15) is 0 Å². The van der Waals surface area contributed by atoms with E-state index >= 15 is 0 Å². The van der Waals surface area contributed by atoms with Crippen LogP contribution in [0.3, 0.4) is 0 Å². The Balaban J connectivity index is 1.22. The third-order valence-electron chi connectivity index (χ3n) is 6.87. The second-order valence-corrected chi connectivity index (χ2v) is 8.42. The number of rotatable bonds is 4. The SMILES string of the molecule is O=C1C[C@H]2N(Cc3ccc(-n4ccnc4)cc3)CC[C@]23OC[C@@H](c2ccccc2)N13. The first-order valence-electron chi connectivity index (χ1n) is 10.6. The van der Waals surface area contributed by atoms with E-state index in [1.54, 1.807) is 12.5 Å². The first-order valence-corrected chi connectivity index (χ1v) is 10.6. The first-order chi connectivity index (χ1) is 14.7. The molecule has 2 aromatic carbocycles. The molecule has 3 fully saturated rings. The normalized spacial score (nSPS) is 28.1. The number of amides is 1. The van der Waals surface area contributed by atoms with E-state index < -0.39 is 5.72 Å². The van der Waals surface area contributed by atoms with Crippen LogP contribution >= 0.6 is 0 Å². The van der Waals surface area contributed by atoms with Crippen LogP contribution in [0.1, 0.15) is 30.0 Å². The summed E-state index contributed by atoms with van der Waals surface area (Å²) in [5.41, 5.74) is 3.05. The molecule has 6 heteroatoms. The number of benzene rings is 2. The van der Waals surface area contributed by atoms with Gasteiger partial charge >= 0.3 is 0 Å². The number of carbonyl (C=O) groups is 1. The van der Waals surface area contributed by atoms with E-state index in [-0.39, 0.29) is 18.0 Å². The molecule has 6 nitrogen and oxygen atoms in total. The van der Waals surface area contributed by atoms with Gasteiger partial charge in [-0.3, -0.25) is 9.69 Å². The number of nitrogens with zero attached hydrogens (tertiary/aromatic N) is 4. The Morgan fingerprint density at radius 3 is 2.70 bits per heavy atom. The minimum atomic E-state index is -0.464. The van der Waals surface area contributed by atoms with Gasteiger partial charge < -0.3 is 14.2 Å². The maximum absolute atomic E-state index is 13.0. The van der Waals surface area contributed by atoms with E-state index in [0.717, 1.165) is 30.8 Å². The molecular weight excluding hydrogens is 376 g/mol. The Morgan fingerprint density at radius 2 is 1.93 bits per heavy atom. The molecule has 3 aromatic rings. The summed E-state index contributed by atoms with van der Waals surface area (Å²) in [6.45, 7) is 2.36. The highest BCUT2D eigenvalue weighted by Crippen LogP contribution is 2.51. The van der Waals surface area contributed by atoms with Gasteiger partial charge in [-0.15, -0.1) is 0 Å². The zero-order valence-electron chi connectivity index (χ0n) is 16.7. The lowest BCUT2D eigenvalue weighted by Gasteiger charge is -2.33. The van der Waals surface area contributed by atoms with Crippen molar-refractivity contribution in [1.29, 1.82) is 0 Å². The third-order valence-corrected chi connectivity index (χ3v) is 6.87. The quantitative estimate of drug-likeness (QED) is 0.675. The summed E-state index contributed by atoms with van der Waals surface area (Å²) in [6.07, 6.45) is 6.94. The lowest BCUT2D eigenvalue weighted by Crippen LogP contribution is -2.48. The molecule has 1 spiro atoms. The van der Waals surface area contributed by atoms with E-state index in [9.17, 15) is 4.79 Å².